The molecule has 0 aromatic carbocycles. The minimum atomic E-state index is 0.898. The zero-order chi connectivity index (χ0) is 6.69. The Bertz CT molecular complexity index is 107. The van der Waals surface area contributed by atoms with Crippen LogP contribution < -0.4 is 0 Å². The van der Waals surface area contributed by atoms with Gasteiger partial charge in [0.25, 0.3) is 0 Å². The summed E-state index contributed by atoms with van der Waals surface area (Å²) in [5.41, 5.74) is 0. The van der Waals surface area contributed by atoms with E-state index < -0.39 is 0 Å². The maximum absolute atomic E-state index is 2.36. The molecule has 0 radical (unpaired) electrons. The Balaban J connectivity index is 2.39. The van der Waals surface area contributed by atoms with Gasteiger partial charge in [-0.1, -0.05) is 0 Å². The van der Waals surface area contributed by atoms with Gasteiger partial charge in [-0.2, -0.15) is 0 Å². The fourth-order valence-electron chi connectivity index (χ4n) is 1.71. The van der Waals surface area contributed by atoms with Crippen LogP contribution in [-0.4, -0.2) is 12.9 Å². The Labute approximate surface area is 58.6 Å². The third-order valence-corrected chi connectivity index (χ3v) is 2.37. The molecule has 1 rings (SSSR count). The summed E-state index contributed by atoms with van der Waals surface area (Å²) in [6, 6.07) is 0. The van der Waals surface area contributed by atoms with Gasteiger partial charge in [-0.3, -0.25) is 0 Å². The molecule has 0 amide bonds. The van der Waals surface area contributed by atoms with Gasteiger partial charge in [0, 0.05) is 0 Å². The zero-order valence-corrected chi connectivity index (χ0v) is 6.43. The topological polar surface area (TPSA) is 0 Å². The Morgan fingerprint density at radius 2 is 2.22 bits per heavy atom. The van der Waals surface area contributed by atoms with Crippen LogP contribution in [0.15, 0.2) is 0 Å². The van der Waals surface area contributed by atoms with E-state index in [4.69, 9.17) is 0 Å². The van der Waals surface area contributed by atoms with Crippen LogP contribution in [0.25, 0.3) is 0 Å². The van der Waals surface area contributed by atoms with Crippen LogP contribution in [0.3, 0.4) is 0 Å². The second-order valence-corrected chi connectivity index (χ2v) is 3.10. The summed E-state index contributed by atoms with van der Waals surface area (Å²) in [5, 5.41) is 0. The fraction of sp³-hybridized carbons (Fsp3) is 0.875. The van der Waals surface area contributed by atoms with E-state index in [9.17, 15) is 0 Å². The molecule has 9 heavy (non-hydrogen) atoms. The van der Waals surface area contributed by atoms with Crippen molar-refractivity contribution in [1.29, 1.82) is 0 Å². The number of hydrogen-bond donors (Lipinski definition) is 0. The summed E-state index contributed by atoms with van der Waals surface area (Å²) in [6.45, 7) is 6.83. The average molecular weight is 122 g/mol. The molecule has 0 spiro atoms. The second kappa shape index (κ2) is 3.19. The van der Waals surface area contributed by atoms with Crippen molar-refractivity contribution in [2.24, 2.45) is 5.92 Å². The van der Waals surface area contributed by atoms with Crippen LogP contribution in [-0.2, 0) is 0 Å². The normalized spacial score (nSPS) is 35.3. The molecular weight excluding hydrogens is 107 g/mol. The van der Waals surface area contributed by atoms with Crippen molar-refractivity contribution in [3.05, 3.63) is 0 Å². The zero-order valence-electron chi connectivity index (χ0n) is 6.43. The molecule has 1 saturated carbocycles. The molecule has 1 unspecified atom stereocenters. The van der Waals surface area contributed by atoms with Gasteiger partial charge in [0.15, 0.2) is 0 Å². The molecule has 1 aliphatic rings. The minimum absolute atomic E-state index is 0.898. The first-order chi connectivity index (χ1) is 4.34. The molecule has 0 nitrogen and oxygen atoms in total. The van der Waals surface area contributed by atoms with Gasteiger partial charge >= 0.3 is 57.7 Å². The van der Waals surface area contributed by atoms with Gasteiger partial charge < -0.3 is 0 Å². The van der Waals surface area contributed by atoms with Crippen LogP contribution in [0.4, 0.5) is 0 Å². The molecule has 50 valence electrons. The van der Waals surface area contributed by atoms with Crippen molar-refractivity contribution in [3.8, 4) is 0 Å². The summed E-state index contributed by atoms with van der Waals surface area (Å²) >= 11 is 0. The summed E-state index contributed by atoms with van der Waals surface area (Å²) in [5.74, 6) is 4.03. The van der Waals surface area contributed by atoms with Gasteiger partial charge in [-0.25, -0.2) is 0 Å². The van der Waals surface area contributed by atoms with E-state index >= 15 is 0 Å². The van der Waals surface area contributed by atoms with Crippen molar-refractivity contribution in [2.75, 3.05) is 0 Å². The van der Waals surface area contributed by atoms with E-state index in [0.717, 1.165) is 11.7 Å². The van der Waals surface area contributed by atoms with Crippen molar-refractivity contribution in [3.63, 3.8) is 0 Å². The van der Waals surface area contributed by atoms with E-state index in [1.807, 2.05) is 0 Å². The molecule has 1 heteroatoms. The fourth-order valence-corrected chi connectivity index (χ4v) is 1.71. The van der Waals surface area contributed by atoms with Crippen molar-refractivity contribution in [1.82, 2.24) is 0 Å². The summed E-state index contributed by atoms with van der Waals surface area (Å²) in [7, 11) is 0. The predicted octanol–water partition coefficient (Wildman–Crippen LogP) is 2.12. The maximum atomic E-state index is 2.36. The molecule has 1 fully saturated rings. The quantitative estimate of drug-likeness (QED) is 0.467. The van der Waals surface area contributed by atoms with E-state index in [1.54, 1.807) is 0 Å². The van der Waals surface area contributed by atoms with E-state index in [-0.39, 0.29) is 0 Å². The third kappa shape index (κ3) is 1.67. The molecule has 0 aromatic rings. The van der Waals surface area contributed by atoms with Gasteiger partial charge in [-0.05, 0) is 0 Å². The molecule has 2 atom stereocenters. The molecule has 0 aromatic heterocycles. The van der Waals surface area contributed by atoms with E-state index in [0.29, 0.717) is 0 Å². The summed E-state index contributed by atoms with van der Waals surface area (Å²) in [4.78, 5) is 0. The Kier molecular flexibility index (Phi) is 2.50. The molecule has 0 heterocycles. The number of hydrogen-bond acceptors (Lipinski definition) is 0. The SMILES string of the molecule is CC=BC1CCC[C@@H]1C. The van der Waals surface area contributed by atoms with Crippen molar-refractivity contribution in [2.45, 2.75) is 38.9 Å². The van der Waals surface area contributed by atoms with Crippen molar-refractivity contribution >= 4 is 12.9 Å². The van der Waals surface area contributed by atoms with Crippen LogP contribution in [0.1, 0.15) is 33.1 Å². The first-order valence-electron chi connectivity index (χ1n) is 3.97. The van der Waals surface area contributed by atoms with Gasteiger partial charge in [0.05, 0.1) is 0 Å². The molecular formula is C8H15B. The first-order valence-corrected chi connectivity index (χ1v) is 3.97. The standard InChI is InChI=1S/C8H15B/c1-3-9-8-6-4-5-7(8)2/h3,7-8H,4-6H2,1-2H3/t7-,8?/m0/s1. The Morgan fingerprint density at radius 3 is 2.67 bits per heavy atom. The molecule has 0 bridgehead atoms. The number of rotatable bonds is 1. The van der Waals surface area contributed by atoms with Crippen LogP contribution in [0.5, 0.6) is 0 Å². The monoisotopic (exact) mass is 122 g/mol. The predicted molar refractivity (Wildman–Crippen MR) is 44.3 cm³/mol. The van der Waals surface area contributed by atoms with Crippen molar-refractivity contribution < 1.29 is 0 Å². The first kappa shape index (κ1) is 7.05. The molecule has 0 N–H and O–H groups in total. The van der Waals surface area contributed by atoms with E-state index in [1.165, 1.54) is 19.3 Å². The van der Waals surface area contributed by atoms with Gasteiger partial charge in [0.2, 0.25) is 0 Å². The molecule has 0 aliphatic heterocycles. The molecule has 1 aliphatic carbocycles. The van der Waals surface area contributed by atoms with Crippen LogP contribution in [0, 0.1) is 5.92 Å². The summed E-state index contributed by atoms with van der Waals surface area (Å²) < 4.78 is 0. The third-order valence-electron chi connectivity index (χ3n) is 2.37. The Morgan fingerprint density at radius 1 is 1.44 bits per heavy atom. The van der Waals surface area contributed by atoms with E-state index in [2.05, 4.69) is 26.7 Å². The van der Waals surface area contributed by atoms with Gasteiger partial charge in [-0.15, -0.1) is 0 Å². The molecule has 0 saturated heterocycles. The van der Waals surface area contributed by atoms with Gasteiger partial charge in [0.1, 0.15) is 0 Å². The second-order valence-electron chi connectivity index (χ2n) is 3.10. The summed E-state index contributed by atoms with van der Waals surface area (Å²) in [6.07, 6.45) is 4.30. The Hall–Kier alpha value is -0.0651. The van der Waals surface area contributed by atoms with Crippen LogP contribution in [0.2, 0.25) is 5.82 Å². The average Bonchev–Trinajstić information content (AvgIpc) is 2.18. The van der Waals surface area contributed by atoms with Crippen LogP contribution >= 0.6 is 0 Å².